The Morgan fingerprint density at radius 3 is 2.41 bits per heavy atom. The molecule has 1 aliphatic rings. The lowest BCUT2D eigenvalue weighted by atomic mass is 10.2. The summed E-state index contributed by atoms with van der Waals surface area (Å²) in [6.45, 7) is 3.37. The maximum Gasteiger partial charge on any atom is 0.344 e. The molecule has 9 heteroatoms. The standard InChI is InChI=1S/C23H22N2O6S/c1-3-30-21(27)14-31-18-10-6-16(7-11-18)12-19-22(28)25(23(29)32-19)13-20(26)24-17-8-4-15(2)5-9-17/h4-12H,3,13-14H2,1-2H3,(H,24,26). The zero-order valence-electron chi connectivity index (χ0n) is 17.6. The Kier molecular flexibility index (Phi) is 7.67. The number of ether oxygens (including phenoxy) is 2. The molecule has 1 heterocycles. The van der Waals surface area contributed by atoms with Crippen LogP contribution in [0.3, 0.4) is 0 Å². The van der Waals surface area contributed by atoms with Crippen LogP contribution in [-0.4, -0.2) is 47.7 Å². The van der Waals surface area contributed by atoms with Crippen molar-refractivity contribution in [2.75, 3.05) is 25.1 Å². The Morgan fingerprint density at radius 1 is 1.06 bits per heavy atom. The van der Waals surface area contributed by atoms with Gasteiger partial charge >= 0.3 is 5.97 Å². The van der Waals surface area contributed by atoms with E-state index in [-0.39, 0.29) is 24.7 Å². The van der Waals surface area contributed by atoms with Crippen molar-refractivity contribution in [2.24, 2.45) is 0 Å². The van der Waals surface area contributed by atoms with Crippen molar-refractivity contribution in [3.63, 3.8) is 0 Å². The first-order valence-electron chi connectivity index (χ1n) is 9.86. The lowest BCUT2D eigenvalue weighted by molar-refractivity contribution is -0.145. The number of hydrogen-bond acceptors (Lipinski definition) is 7. The predicted molar refractivity (Wildman–Crippen MR) is 121 cm³/mol. The Balaban J connectivity index is 1.59. The molecule has 1 N–H and O–H groups in total. The fourth-order valence-electron chi connectivity index (χ4n) is 2.77. The molecule has 0 atom stereocenters. The number of aryl methyl sites for hydroxylation is 1. The van der Waals surface area contributed by atoms with Gasteiger partial charge in [-0.15, -0.1) is 0 Å². The van der Waals surface area contributed by atoms with Crippen molar-refractivity contribution in [3.05, 3.63) is 64.6 Å². The highest BCUT2D eigenvalue weighted by Crippen LogP contribution is 2.32. The van der Waals surface area contributed by atoms with E-state index in [0.717, 1.165) is 22.2 Å². The smallest absolute Gasteiger partial charge is 0.344 e. The Morgan fingerprint density at radius 2 is 1.75 bits per heavy atom. The molecule has 3 rings (SSSR count). The first-order chi connectivity index (χ1) is 15.4. The summed E-state index contributed by atoms with van der Waals surface area (Å²) in [7, 11) is 0. The van der Waals surface area contributed by atoms with Gasteiger partial charge in [-0.2, -0.15) is 0 Å². The van der Waals surface area contributed by atoms with Crippen molar-refractivity contribution < 1.29 is 28.7 Å². The van der Waals surface area contributed by atoms with Crippen molar-refractivity contribution in [1.82, 2.24) is 4.90 Å². The molecule has 1 aliphatic heterocycles. The van der Waals surface area contributed by atoms with Crippen LogP contribution in [0.25, 0.3) is 6.08 Å². The van der Waals surface area contributed by atoms with Gasteiger partial charge in [0, 0.05) is 5.69 Å². The minimum absolute atomic E-state index is 0.198. The average Bonchev–Trinajstić information content (AvgIpc) is 3.02. The summed E-state index contributed by atoms with van der Waals surface area (Å²) in [5.74, 6) is -0.977. The summed E-state index contributed by atoms with van der Waals surface area (Å²) in [5.41, 5.74) is 2.31. The van der Waals surface area contributed by atoms with Crippen LogP contribution >= 0.6 is 11.8 Å². The van der Waals surface area contributed by atoms with E-state index >= 15 is 0 Å². The molecule has 8 nitrogen and oxygen atoms in total. The van der Waals surface area contributed by atoms with Gasteiger partial charge in [0.05, 0.1) is 11.5 Å². The second-order valence-corrected chi connectivity index (χ2v) is 7.84. The number of carbonyl (C=O) groups excluding carboxylic acids is 4. The fraction of sp³-hybridized carbons (Fsp3) is 0.217. The maximum absolute atomic E-state index is 12.6. The maximum atomic E-state index is 12.6. The minimum atomic E-state index is -0.526. The lowest BCUT2D eigenvalue weighted by Crippen LogP contribution is -2.36. The van der Waals surface area contributed by atoms with E-state index in [1.165, 1.54) is 0 Å². The number of esters is 1. The molecule has 1 fully saturated rings. The third kappa shape index (κ3) is 6.21. The molecule has 3 amide bonds. The van der Waals surface area contributed by atoms with Gasteiger partial charge in [0.1, 0.15) is 12.3 Å². The van der Waals surface area contributed by atoms with Crippen molar-refractivity contribution in [1.29, 1.82) is 0 Å². The molecule has 166 valence electrons. The van der Waals surface area contributed by atoms with Gasteiger partial charge in [-0.3, -0.25) is 19.3 Å². The second kappa shape index (κ2) is 10.6. The van der Waals surface area contributed by atoms with E-state index in [9.17, 15) is 19.2 Å². The molecule has 0 spiro atoms. The van der Waals surface area contributed by atoms with Crippen molar-refractivity contribution >= 4 is 46.5 Å². The number of carbonyl (C=O) groups is 4. The van der Waals surface area contributed by atoms with E-state index < -0.39 is 23.0 Å². The Bertz CT molecular complexity index is 1050. The average molecular weight is 455 g/mol. The van der Waals surface area contributed by atoms with Gasteiger partial charge < -0.3 is 14.8 Å². The zero-order valence-corrected chi connectivity index (χ0v) is 18.4. The summed E-state index contributed by atoms with van der Waals surface area (Å²) in [5, 5.41) is 2.17. The van der Waals surface area contributed by atoms with Gasteiger partial charge in [0.25, 0.3) is 11.1 Å². The minimum Gasteiger partial charge on any atom is -0.482 e. The van der Waals surface area contributed by atoms with Gasteiger partial charge in [0.2, 0.25) is 5.91 Å². The predicted octanol–water partition coefficient (Wildman–Crippen LogP) is 3.61. The molecule has 0 aromatic heterocycles. The van der Waals surface area contributed by atoms with E-state index in [2.05, 4.69) is 5.32 Å². The third-order valence-corrected chi connectivity index (χ3v) is 5.26. The monoisotopic (exact) mass is 454 g/mol. The van der Waals surface area contributed by atoms with Crippen molar-refractivity contribution in [3.8, 4) is 5.75 Å². The summed E-state index contributed by atoms with van der Waals surface area (Å²) in [4.78, 5) is 49.6. The van der Waals surface area contributed by atoms with E-state index in [1.54, 1.807) is 49.4 Å². The van der Waals surface area contributed by atoms with Crippen LogP contribution in [0, 0.1) is 6.92 Å². The largest absolute Gasteiger partial charge is 0.482 e. The van der Waals surface area contributed by atoms with Crippen LogP contribution in [0.15, 0.2) is 53.4 Å². The number of benzene rings is 2. The third-order valence-electron chi connectivity index (χ3n) is 4.35. The number of hydrogen-bond donors (Lipinski definition) is 1. The molecule has 2 aromatic carbocycles. The number of amides is 3. The molecule has 0 radical (unpaired) electrons. The molecular weight excluding hydrogens is 432 g/mol. The zero-order chi connectivity index (χ0) is 23.1. The van der Waals surface area contributed by atoms with Gasteiger partial charge in [0.15, 0.2) is 6.61 Å². The molecule has 2 aromatic rings. The van der Waals surface area contributed by atoms with E-state index in [1.807, 2.05) is 19.1 Å². The SMILES string of the molecule is CCOC(=O)COc1ccc(C=C2SC(=O)N(CC(=O)Nc3ccc(C)cc3)C2=O)cc1. The first-order valence-corrected chi connectivity index (χ1v) is 10.7. The van der Waals surface area contributed by atoms with Crippen LogP contribution in [0.5, 0.6) is 5.75 Å². The molecular formula is C23H22N2O6S. The van der Waals surface area contributed by atoms with Crippen LogP contribution in [-0.2, 0) is 19.1 Å². The van der Waals surface area contributed by atoms with Crippen LogP contribution in [0.4, 0.5) is 10.5 Å². The number of imide groups is 1. The second-order valence-electron chi connectivity index (χ2n) is 6.84. The molecule has 32 heavy (non-hydrogen) atoms. The topological polar surface area (TPSA) is 102 Å². The number of rotatable bonds is 8. The van der Waals surface area contributed by atoms with Crippen LogP contribution in [0.1, 0.15) is 18.1 Å². The Labute approximate surface area is 189 Å². The number of thioether (sulfide) groups is 1. The highest BCUT2D eigenvalue weighted by atomic mass is 32.2. The quantitative estimate of drug-likeness (QED) is 0.480. The molecule has 0 unspecified atom stereocenters. The summed E-state index contributed by atoms with van der Waals surface area (Å²) < 4.78 is 10.1. The van der Waals surface area contributed by atoms with Crippen LogP contribution < -0.4 is 10.1 Å². The normalized spacial score (nSPS) is 14.6. The molecule has 0 saturated carbocycles. The van der Waals surface area contributed by atoms with Crippen LogP contribution in [0.2, 0.25) is 0 Å². The fourth-order valence-corrected chi connectivity index (χ4v) is 3.61. The lowest BCUT2D eigenvalue weighted by Gasteiger charge is -2.12. The first kappa shape index (κ1) is 23.1. The molecule has 0 aliphatic carbocycles. The highest BCUT2D eigenvalue weighted by molar-refractivity contribution is 8.18. The van der Waals surface area contributed by atoms with E-state index in [4.69, 9.17) is 9.47 Å². The summed E-state index contributed by atoms with van der Waals surface area (Å²) in [6, 6.07) is 13.9. The van der Waals surface area contributed by atoms with Gasteiger partial charge in [-0.25, -0.2) is 4.79 Å². The number of nitrogens with one attached hydrogen (secondary N) is 1. The Hall–Kier alpha value is -3.59. The number of anilines is 1. The summed E-state index contributed by atoms with van der Waals surface area (Å²) >= 11 is 0.777. The van der Waals surface area contributed by atoms with Gasteiger partial charge in [-0.1, -0.05) is 29.8 Å². The molecule has 1 saturated heterocycles. The molecule has 0 bridgehead atoms. The summed E-state index contributed by atoms with van der Waals surface area (Å²) in [6.07, 6.45) is 1.57. The highest BCUT2D eigenvalue weighted by Gasteiger charge is 2.36. The van der Waals surface area contributed by atoms with Gasteiger partial charge in [-0.05, 0) is 61.5 Å². The number of nitrogens with zero attached hydrogens (tertiary/aromatic N) is 1. The van der Waals surface area contributed by atoms with E-state index in [0.29, 0.717) is 17.0 Å². The van der Waals surface area contributed by atoms with Crippen molar-refractivity contribution in [2.45, 2.75) is 13.8 Å².